The molecular weight excluding hydrogens is 560 g/mol. The van der Waals surface area contributed by atoms with Gasteiger partial charge < -0.3 is 30.1 Å². The Labute approximate surface area is 259 Å². The van der Waals surface area contributed by atoms with Gasteiger partial charge in [-0.25, -0.2) is 0 Å². The number of hydrogen-bond donors (Lipinski definition) is 3. The number of unbranched alkanes of at least 4 members (excludes halogenated alkanes) is 1. The van der Waals surface area contributed by atoms with Crippen LogP contribution in [-0.4, -0.2) is 84.1 Å². The molecule has 44 heavy (non-hydrogen) atoms. The standard InChI is InChI=1S/C34H44N4O6/c1-4-5-18-38-32(41)29(30(39)24-8-6-7-9-24)36-33(42)34(38)16-19-37(20-17-34)22-23-10-13-26(14-11-23)44-27-15-12-25(31(40)35-2)21-28(27)43-3/h6-7,10-15,21,24,29-30,39H,4-5,8-9,16-20,22H2,1-3H3,(H,35,40)(H,36,42)/t29-,30-/m1/s1. The Balaban J connectivity index is 1.21. The van der Waals surface area contributed by atoms with E-state index in [2.05, 4.69) is 22.5 Å². The van der Waals surface area contributed by atoms with E-state index < -0.39 is 17.7 Å². The average molecular weight is 605 g/mol. The number of carbonyl (C=O) groups excluding carboxylic acids is 3. The molecule has 1 aliphatic carbocycles. The van der Waals surface area contributed by atoms with E-state index in [1.807, 2.05) is 36.4 Å². The van der Waals surface area contributed by atoms with Gasteiger partial charge in [0.05, 0.1) is 13.2 Å². The van der Waals surface area contributed by atoms with Crippen molar-refractivity contribution in [2.45, 2.75) is 69.7 Å². The Morgan fingerprint density at radius 3 is 2.43 bits per heavy atom. The van der Waals surface area contributed by atoms with Gasteiger partial charge in [-0.3, -0.25) is 19.3 Å². The Morgan fingerprint density at radius 1 is 1.09 bits per heavy atom. The highest BCUT2D eigenvalue weighted by atomic mass is 16.5. The van der Waals surface area contributed by atoms with Crippen molar-refractivity contribution >= 4 is 17.7 Å². The van der Waals surface area contributed by atoms with Gasteiger partial charge in [-0.1, -0.05) is 37.6 Å². The molecule has 0 bridgehead atoms. The van der Waals surface area contributed by atoms with Gasteiger partial charge in [0.1, 0.15) is 17.3 Å². The van der Waals surface area contributed by atoms with Crippen molar-refractivity contribution in [1.29, 1.82) is 0 Å². The molecule has 10 nitrogen and oxygen atoms in total. The maximum absolute atomic E-state index is 13.8. The van der Waals surface area contributed by atoms with Crippen LogP contribution in [0.15, 0.2) is 54.6 Å². The molecule has 0 radical (unpaired) electrons. The molecule has 0 unspecified atom stereocenters. The van der Waals surface area contributed by atoms with E-state index in [1.54, 1.807) is 30.1 Å². The first-order valence-corrected chi connectivity index (χ1v) is 15.6. The molecule has 0 saturated carbocycles. The molecule has 2 atom stereocenters. The van der Waals surface area contributed by atoms with E-state index in [4.69, 9.17) is 9.47 Å². The van der Waals surface area contributed by atoms with Gasteiger partial charge >= 0.3 is 0 Å². The summed E-state index contributed by atoms with van der Waals surface area (Å²) in [4.78, 5) is 43.5. The van der Waals surface area contributed by atoms with E-state index in [9.17, 15) is 19.5 Å². The lowest BCUT2D eigenvalue weighted by atomic mass is 9.79. The highest BCUT2D eigenvalue weighted by Crippen LogP contribution is 2.36. The van der Waals surface area contributed by atoms with Crippen LogP contribution in [0.3, 0.4) is 0 Å². The number of carbonyl (C=O) groups is 3. The lowest BCUT2D eigenvalue weighted by molar-refractivity contribution is -0.165. The van der Waals surface area contributed by atoms with Crippen molar-refractivity contribution in [1.82, 2.24) is 20.4 Å². The molecule has 2 aliphatic heterocycles. The number of ether oxygens (including phenoxy) is 2. The zero-order chi connectivity index (χ0) is 31.3. The number of allylic oxidation sites excluding steroid dienone is 2. The molecule has 2 saturated heterocycles. The number of rotatable bonds is 11. The summed E-state index contributed by atoms with van der Waals surface area (Å²) >= 11 is 0. The maximum Gasteiger partial charge on any atom is 0.251 e. The highest BCUT2D eigenvalue weighted by Gasteiger charge is 2.55. The van der Waals surface area contributed by atoms with Crippen LogP contribution in [-0.2, 0) is 16.1 Å². The Morgan fingerprint density at radius 2 is 1.80 bits per heavy atom. The summed E-state index contributed by atoms with van der Waals surface area (Å²) in [5.41, 5.74) is 0.713. The van der Waals surface area contributed by atoms with Gasteiger partial charge in [-0.15, -0.1) is 0 Å². The van der Waals surface area contributed by atoms with Crippen LogP contribution >= 0.6 is 0 Å². The van der Waals surface area contributed by atoms with E-state index in [1.165, 1.54) is 7.11 Å². The number of hydrogen-bond acceptors (Lipinski definition) is 7. The van der Waals surface area contributed by atoms with Crippen LogP contribution in [0, 0.1) is 5.92 Å². The lowest BCUT2D eigenvalue weighted by Gasteiger charge is -2.52. The van der Waals surface area contributed by atoms with Crippen LogP contribution in [0.5, 0.6) is 17.2 Å². The fourth-order valence-corrected chi connectivity index (χ4v) is 6.56. The molecule has 5 rings (SSSR count). The second-order valence-corrected chi connectivity index (χ2v) is 12.0. The number of aliphatic hydroxyl groups is 1. The predicted octanol–water partition coefficient (Wildman–Crippen LogP) is 3.64. The van der Waals surface area contributed by atoms with E-state index >= 15 is 0 Å². The van der Waals surface area contributed by atoms with E-state index in [0.717, 1.165) is 31.2 Å². The quantitative estimate of drug-likeness (QED) is 0.335. The smallest absolute Gasteiger partial charge is 0.251 e. The number of aliphatic hydroxyl groups excluding tert-OH is 1. The molecule has 236 valence electrons. The Kier molecular flexibility index (Phi) is 9.90. The van der Waals surface area contributed by atoms with Crippen molar-refractivity contribution in [2.24, 2.45) is 5.92 Å². The minimum atomic E-state index is -0.891. The molecule has 10 heteroatoms. The van der Waals surface area contributed by atoms with Crippen LogP contribution in [0.25, 0.3) is 0 Å². The number of nitrogens with zero attached hydrogens (tertiary/aromatic N) is 2. The van der Waals surface area contributed by atoms with E-state index in [-0.39, 0.29) is 23.6 Å². The van der Waals surface area contributed by atoms with Crippen molar-refractivity contribution < 1.29 is 29.0 Å². The Hall–Kier alpha value is -3.89. The van der Waals surface area contributed by atoms with Gasteiger partial charge in [-0.2, -0.15) is 0 Å². The zero-order valence-corrected chi connectivity index (χ0v) is 25.9. The summed E-state index contributed by atoms with van der Waals surface area (Å²) < 4.78 is 11.5. The van der Waals surface area contributed by atoms with Gasteiger partial charge in [0.15, 0.2) is 11.5 Å². The normalized spacial score (nSPS) is 20.9. The van der Waals surface area contributed by atoms with Crippen LogP contribution < -0.4 is 20.1 Å². The molecule has 2 heterocycles. The molecule has 3 N–H and O–H groups in total. The van der Waals surface area contributed by atoms with Crippen LogP contribution in [0.1, 0.15) is 61.4 Å². The van der Waals surface area contributed by atoms with Crippen molar-refractivity contribution in [3.8, 4) is 17.2 Å². The predicted molar refractivity (Wildman–Crippen MR) is 167 cm³/mol. The summed E-state index contributed by atoms with van der Waals surface area (Å²) in [6.45, 7) is 4.67. The highest BCUT2D eigenvalue weighted by molar-refractivity contribution is 6.00. The molecule has 3 amide bonds. The topological polar surface area (TPSA) is 120 Å². The molecule has 2 aromatic rings. The van der Waals surface area contributed by atoms with Crippen molar-refractivity contribution in [2.75, 3.05) is 33.8 Å². The fraction of sp³-hybridized carbons (Fsp3) is 0.500. The molecule has 2 aromatic carbocycles. The molecule has 1 spiro atoms. The number of piperazine rings is 1. The van der Waals surface area contributed by atoms with Gasteiger partial charge in [0.25, 0.3) is 5.91 Å². The fourth-order valence-electron chi connectivity index (χ4n) is 6.56. The maximum atomic E-state index is 13.8. The van der Waals surface area contributed by atoms with Gasteiger partial charge in [-0.05, 0) is 73.9 Å². The van der Waals surface area contributed by atoms with Crippen LogP contribution in [0.2, 0.25) is 0 Å². The third-order valence-corrected chi connectivity index (χ3v) is 9.26. The van der Waals surface area contributed by atoms with Crippen molar-refractivity contribution in [3.63, 3.8) is 0 Å². The number of methoxy groups -OCH3 is 1. The SMILES string of the molecule is CCCCN1C(=O)[C@@H]([C@H](O)C2CC=CC2)NC(=O)C12CCN(Cc1ccc(Oc3ccc(C(=O)NC)cc3OC)cc1)CC2. The van der Waals surface area contributed by atoms with Gasteiger partial charge in [0, 0.05) is 38.8 Å². The minimum absolute atomic E-state index is 0.0402. The van der Waals surface area contributed by atoms with Crippen LogP contribution in [0.4, 0.5) is 0 Å². The summed E-state index contributed by atoms with van der Waals surface area (Å²) in [5, 5.41) is 16.6. The number of nitrogens with one attached hydrogen (secondary N) is 2. The molecule has 0 aromatic heterocycles. The molecule has 2 fully saturated rings. The summed E-state index contributed by atoms with van der Waals surface area (Å²) in [7, 11) is 3.11. The monoisotopic (exact) mass is 604 g/mol. The second-order valence-electron chi connectivity index (χ2n) is 12.0. The van der Waals surface area contributed by atoms with Gasteiger partial charge in [0.2, 0.25) is 11.8 Å². The first-order chi connectivity index (χ1) is 21.3. The first kappa shape index (κ1) is 31.5. The summed E-state index contributed by atoms with van der Waals surface area (Å²) in [6, 6.07) is 12.0. The average Bonchev–Trinajstić information content (AvgIpc) is 3.59. The lowest BCUT2D eigenvalue weighted by Crippen LogP contribution is -2.75. The number of piperidine rings is 1. The number of benzene rings is 2. The second kappa shape index (κ2) is 13.8. The number of likely N-dealkylation sites (tertiary alicyclic amines) is 1. The van der Waals surface area contributed by atoms with E-state index in [0.29, 0.717) is 61.8 Å². The number of amides is 3. The molecular formula is C34H44N4O6. The molecule has 3 aliphatic rings. The van der Waals surface area contributed by atoms with Crippen molar-refractivity contribution in [3.05, 3.63) is 65.7 Å². The third-order valence-electron chi connectivity index (χ3n) is 9.26. The first-order valence-electron chi connectivity index (χ1n) is 15.6. The largest absolute Gasteiger partial charge is 0.493 e. The third kappa shape index (κ3) is 6.46. The summed E-state index contributed by atoms with van der Waals surface area (Å²) in [6.07, 6.45) is 7.45. The Bertz CT molecular complexity index is 1360. The minimum Gasteiger partial charge on any atom is -0.493 e. The summed E-state index contributed by atoms with van der Waals surface area (Å²) in [5.74, 6) is 1.09. The zero-order valence-electron chi connectivity index (χ0n) is 25.9.